The Hall–Kier alpha value is -1.55. The van der Waals surface area contributed by atoms with Gasteiger partial charge in [-0.1, -0.05) is 19.3 Å². The zero-order valence-electron chi connectivity index (χ0n) is 13.5. The summed E-state index contributed by atoms with van der Waals surface area (Å²) < 4.78 is 0. The predicted octanol–water partition coefficient (Wildman–Crippen LogP) is 2.75. The number of hydrogen-bond donors (Lipinski definition) is 1. The van der Waals surface area contributed by atoms with E-state index in [0.717, 1.165) is 31.1 Å². The van der Waals surface area contributed by atoms with Crippen LogP contribution >= 0.6 is 0 Å². The molecule has 1 atom stereocenters. The maximum Gasteiger partial charge on any atom is 0.253 e. The predicted molar refractivity (Wildman–Crippen MR) is 89.8 cm³/mol. The maximum atomic E-state index is 12.6. The van der Waals surface area contributed by atoms with Gasteiger partial charge in [0.25, 0.3) is 5.91 Å². The lowest BCUT2D eigenvalue weighted by Crippen LogP contribution is -2.41. The molecular formula is C18H27N3O. The second-order valence-corrected chi connectivity index (χ2v) is 6.77. The zero-order valence-corrected chi connectivity index (χ0v) is 13.5. The number of amides is 1. The quantitative estimate of drug-likeness (QED) is 0.873. The van der Waals surface area contributed by atoms with Gasteiger partial charge < -0.3 is 10.6 Å². The highest BCUT2D eigenvalue weighted by Gasteiger charge is 2.32. The first-order valence-corrected chi connectivity index (χ1v) is 8.52. The number of anilines is 1. The summed E-state index contributed by atoms with van der Waals surface area (Å²) in [5.41, 5.74) is 7.12. The van der Waals surface area contributed by atoms with Crippen LogP contribution < -0.4 is 5.73 Å². The van der Waals surface area contributed by atoms with Crippen LogP contribution in [0.5, 0.6) is 0 Å². The van der Waals surface area contributed by atoms with Gasteiger partial charge in [0.15, 0.2) is 0 Å². The van der Waals surface area contributed by atoms with Crippen LogP contribution in [-0.4, -0.2) is 47.9 Å². The molecular weight excluding hydrogens is 274 g/mol. The molecule has 4 heteroatoms. The molecule has 0 spiro atoms. The van der Waals surface area contributed by atoms with Gasteiger partial charge in [-0.2, -0.15) is 0 Å². The van der Waals surface area contributed by atoms with Gasteiger partial charge in [-0.3, -0.25) is 9.69 Å². The van der Waals surface area contributed by atoms with E-state index in [4.69, 9.17) is 5.73 Å². The number of likely N-dealkylation sites (N-methyl/N-ethyl adjacent to an activating group) is 1. The summed E-state index contributed by atoms with van der Waals surface area (Å²) in [5, 5.41) is 0. The standard InChI is InChI=1S/C18H27N3O/c1-20(18(22)14-7-9-15(19)10-8-14)17-11-12-21(13-17)16-5-3-2-4-6-16/h7-10,16-17H,2-6,11-13,19H2,1H3. The Morgan fingerprint density at radius 3 is 2.50 bits per heavy atom. The smallest absolute Gasteiger partial charge is 0.253 e. The summed E-state index contributed by atoms with van der Waals surface area (Å²) in [4.78, 5) is 17.1. The van der Waals surface area contributed by atoms with E-state index < -0.39 is 0 Å². The average molecular weight is 301 g/mol. The highest BCUT2D eigenvalue weighted by atomic mass is 16.2. The van der Waals surface area contributed by atoms with Crippen molar-refractivity contribution in [3.05, 3.63) is 29.8 Å². The van der Waals surface area contributed by atoms with Crippen molar-refractivity contribution < 1.29 is 4.79 Å². The molecule has 0 bridgehead atoms. The van der Waals surface area contributed by atoms with Gasteiger partial charge in [0.1, 0.15) is 0 Å². The van der Waals surface area contributed by atoms with E-state index in [1.54, 1.807) is 12.1 Å². The van der Waals surface area contributed by atoms with E-state index in [9.17, 15) is 4.79 Å². The second kappa shape index (κ2) is 6.69. The van der Waals surface area contributed by atoms with Gasteiger partial charge in [-0.05, 0) is 43.5 Å². The van der Waals surface area contributed by atoms with E-state index in [0.29, 0.717) is 11.7 Å². The molecule has 2 aliphatic rings. The number of nitrogen functional groups attached to an aromatic ring is 1. The highest BCUT2D eigenvalue weighted by molar-refractivity contribution is 5.94. The van der Waals surface area contributed by atoms with E-state index in [2.05, 4.69) is 4.90 Å². The van der Waals surface area contributed by atoms with E-state index >= 15 is 0 Å². The number of nitrogens with zero attached hydrogens (tertiary/aromatic N) is 2. The lowest BCUT2D eigenvalue weighted by atomic mass is 9.94. The Morgan fingerprint density at radius 2 is 1.82 bits per heavy atom. The molecule has 1 saturated carbocycles. The van der Waals surface area contributed by atoms with Crippen molar-refractivity contribution in [2.24, 2.45) is 0 Å². The van der Waals surface area contributed by atoms with Gasteiger partial charge >= 0.3 is 0 Å². The van der Waals surface area contributed by atoms with Gasteiger partial charge in [0.05, 0.1) is 0 Å². The zero-order chi connectivity index (χ0) is 15.5. The third kappa shape index (κ3) is 3.27. The van der Waals surface area contributed by atoms with Crippen molar-refractivity contribution in [1.29, 1.82) is 0 Å². The molecule has 0 aromatic heterocycles. The second-order valence-electron chi connectivity index (χ2n) is 6.77. The SMILES string of the molecule is CN(C(=O)c1ccc(N)cc1)C1CCN(C2CCCCC2)C1. The third-order valence-corrected chi connectivity index (χ3v) is 5.31. The van der Waals surface area contributed by atoms with E-state index in [1.165, 1.54) is 32.1 Å². The first-order chi connectivity index (χ1) is 10.6. The number of benzene rings is 1. The van der Waals surface area contributed by atoms with E-state index in [-0.39, 0.29) is 5.91 Å². The minimum absolute atomic E-state index is 0.107. The fourth-order valence-electron chi connectivity index (χ4n) is 3.86. The first-order valence-electron chi connectivity index (χ1n) is 8.52. The minimum atomic E-state index is 0.107. The molecule has 120 valence electrons. The topological polar surface area (TPSA) is 49.6 Å². The van der Waals surface area contributed by atoms with Crippen LogP contribution in [0, 0.1) is 0 Å². The molecule has 1 saturated heterocycles. The highest BCUT2D eigenvalue weighted by Crippen LogP contribution is 2.27. The van der Waals surface area contributed by atoms with Crippen molar-refractivity contribution in [3.63, 3.8) is 0 Å². The maximum absolute atomic E-state index is 12.6. The summed E-state index contributed by atoms with van der Waals surface area (Å²) in [6.07, 6.45) is 7.89. The lowest BCUT2D eigenvalue weighted by molar-refractivity contribution is 0.0726. The number of likely N-dealkylation sites (tertiary alicyclic amines) is 1. The molecule has 1 aliphatic heterocycles. The van der Waals surface area contributed by atoms with Crippen LogP contribution in [0.15, 0.2) is 24.3 Å². The number of rotatable bonds is 3. The Morgan fingerprint density at radius 1 is 1.14 bits per heavy atom. The van der Waals surface area contributed by atoms with Crippen LogP contribution in [0.25, 0.3) is 0 Å². The fourth-order valence-corrected chi connectivity index (χ4v) is 3.86. The molecule has 0 radical (unpaired) electrons. The summed E-state index contributed by atoms with van der Waals surface area (Å²) in [5.74, 6) is 0.107. The molecule has 1 amide bonds. The van der Waals surface area contributed by atoms with Gasteiger partial charge in [0, 0.05) is 43.5 Å². The minimum Gasteiger partial charge on any atom is -0.399 e. The molecule has 2 fully saturated rings. The number of carbonyl (C=O) groups is 1. The Bertz CT molecular complexity index is 508. The number of nitrogens with two attached hydrogens (primary N) is 1. The number of carbonyl (C=O) groups excluding carboxylic acids is 1. The van der Waals surface area contributed by atoms with Gasteiger partial charge in [0.2, 0.25) is 0 Å². The molecule has 1 aliphatic carbocycles. The first kappa shape index (κ1) is 15.3. The van der Waals surface area contributed by atoms with Crippen LogP contribution in [0.2, 0.25) is 0 Å². The Kier molecular flexibility index (Phi) is 4.67. The van der Waals surface area contributed by atoms with E-state index in [1.807, 2.05) is 24.1 Å². The van der Waals surface area contributed by atoms with Gasteiger partial charge in [-0.25, -0.2) is 0 Å². The Labute approximate surface area is 133 Å². The van der Waals surface area contributed by atoms with Gasteiger partial charge in [-0.15, -0.1) is 0 Å². The van der Waals surface area contributed by atoms with Crippen LogP contribution in [0.3, 0.4) is 0 Å². The fraction of sp³-hybridized carbons (Fsp3) is 0.611. The van der Waals surface area contributed by atoms with Crippen molar-refractivity contribution in [1.82, 2.24) is 9.80 Å². The summed E-state index contributed by atoms with van der Waals surface area (Å²) in [6, 6.07) is 8.32. The monoisotopic (exact) mass is 301 g/mol. The molecule has 3 rings (SSSR count). The molecule has 1 aromatic rings. The Balaban J connectivity index is 1.59. The molecule has 22 heavy (non-hydrogen) atoms. The summed E-state index contributed by atoms with van der Waals surface area (Å²) >= 11 is 0. The van der Waals surface area contributed by atoms with Crippen molar-refractivity contribution in [2.75, 3.05) is 25.9 Å². The third-order valence-electron chi connectivity index (χ3n) is 5.31. The normalized spacial score (nSPS) is 23.6. The molecule has 1 aromatic carbocycles. The summed E-state index contributed by atoms with van der Waals surface area (Å²) in [7, 11) is 1.94. The van der Waals surface area contributed by atoms with Crippen molar-refractivity contribution in [3.8, 4) is 0 Å². The molecule has 1 heterocycles. The van der Waals surface area contributed by atoms with Crippen LogP contribution in [0.1, 0.15) is 48.9 Å². The lowest BCUT2D eigenvalue weighted by Gasteiger charge is -2.32. The molecule has 4 nitrogen and oxygen atoms in total. The largest absolute Gasteiger partial charge is 0.399 e. The number of hydrogen-bond acceptors (Lipinski definition) is 3. The van der Waals surface area contributed by atoms with Crippen molar-refractivity contribution >= 4 is 11.6 Å². The van der Waals surface area contributed by atoms with Crippen LogP contribution in [0.4, 0.5) is 5.69 Å². The summed E-state index contributed by atoms with van der Waals surface area (Å²) in [6.45, 7) is 2.16. The van der Waals surface area contributed by atoms with Crippen molar-refractivity contribution in [2.45, 2.75) is 50.6 Å². The molecule has 1 unspecified atom stereocenters. The molecule has 2 N–H and O–H groups in total. The van der Waals surface area contributed by atoms with Crippen LogP contribution in [-0.2, 0) is 0 Å². The average Bonchev–Trinajstić information content (AvgIpc) is 3.05.